The number of ether oxygens (including phenoxy) is 2. The van der Waals surface area contributed by atoms with Gasteiger partial charge in [-0.05, 0) is 56.9 Å². The maximum atomic E-state index is 15.8. The van der Waals surface area contributed by atoms with Crippen molar-refractivity contribution in [1.82, 2.24) is 19.4 Å². The van der Waals surface area contributed by atoms with Gasteiger partial charge in [-0.2, -0.15) is 0 Å². The Balaban J connectivity index is 1.90. The van der Waals surface area contributed by atoms with Gasteiger partial charge in [-0.1, -0.05) is 44.2 Å². The summed E-state index contributed by atoms with van der Waals surface area (Å²) in [6, 6.07) is 11.1. The number of carbonyl (C=O) groups excluding carboxylic acids is 4. The van der Waals surface area contributed by atoms with E-state index in [2.05, 4.69) is 0 Å². The molecule has 2 aromatic carbocycles. The fourth-order valence-corrected chi connectivity index (χ4v) is 6.20. The summed E-state index contributed by atoms with van der Waals surface area (Å²) in [5.74, 6) is -3.52. The zero-order valence-electron chi connectivity index (χ0n) is 29.5. The van der Waals surface area contributed by atoms with Crippen molar-refractivity contribution in [3.63, 3.8) is 0 Å². The average Bonchev–Trinajstić information content (AvgIpc) is 3.59. The van der Waals surface area contributed by atoms with Gasteiger partial charge in [-0.25, -0.2) is 22.9 Å². The molecule has 1 aliphatic rings. The minimum atomic E-state index is -1.56. The Morgan fingerprint density at radius 1 is 1.06 bits per heavy atom. The Morgan fingerprint density at radius 3 is 2.36 bits per heavy atom. The van der Waals surface area contributed by atoms with Crippen LogP contribution >= 0.6 is 0 Å². The van der Waals surface area contributed by atoms with E-state index in [1.165, 1.54) is 16.7 Å². The van der Waals surface area contributed by atoms with Gasteiger partial charge in [0.2, 0.25) is 0 Å². The number of aldehydes is 1. The summed E-state index contributed by atoms with van der Waals surface area (Å²) in [6.07, 6.45) is -1.43. The molecule has 4 atom stereocenters. The first-order valence-electron chi connectivity index (χ1n) is 16.5. The molecule has 0 bridgehead atoms. The summed E-state index contributed by atoms with van der Waals surface area (Å²) in [5, 5.41) is 0. The van der Waals surface area contributed by atoms with Crippen molar-refractivity contribution in [1.29, 1.82) is 0 Å². The highest BCUT2D eigenvalue weighted by Crippen LogP contribution is 2.43. The number of likely N-dealkylation sites (tertiary alicyclic amines) is 1. The van der Waals surface area contributed by atoms with Crippen LogP contribution in [0.15, 0.2) is 54.7 Å². The number of rotatable bonds is 12. The van der Waals surface area contributed by atoms with E-state index in [0.717, 1.165) is 30.7 Å². The lowest BCUT2D eigenvalue weighted by Gasteiger charge is -2.43. The fraction of sp³-hybridized carbons (Fsp3) is 0.486. The third kappa shape index (κ3) is 9.30. The average molecular weight is 699 g/mol. The van der Waals surface area contributed by atoms with Gasteiger partial charge in [0, 0.05) is 50.7 Å². The minimum Gasteiger partial charge on any atom is -0.453 e. The lowest BCUT2D eigenvalue weighted by atomic mass is 9.79. The Kier molecular flexibility index (Phi) is 11.8. The van der Waals surface area contributed by atoms with E-state index in [9.17, 15) is 23.6 Å². The van der Waals surface area contributed by atoms with E-state index < -0.39 is 64.9 Å². The summed E-state index contributed by atoms with van der Waals surface area (Å²) in [6.45, 7) is 10.7. The van der Waals surface area contributed by atoms with Crippen molar-refractivity contribution in [2.24, 2.45) is 11.3 Å². The second-order valence-electron chi connectivity index (χ2n) is 14.4. The van der Waals surface area contributed by atoms with Gasteiger partial charge >= 0.3 is 12.1 Å². The van der Waals surface area contributed by atoms with Crippen LogP contribution < -0.4 is 0 Å². The van der Waals surface area contributed by atoms with Crippen LogP contribution in [0.1, 0.15) is 72.3 Å². The molecular formula is C37H45F3N4O6. The first-order valence-corrected chi connectivity index (χ1v) is 16.5. The molecule has 270 valence electrons. The first-order chi connectivity index (χ1) is 23.4. The van der Waals surface area contributed by atoms with Crippen LogP contribution in [0.5, 0.6) is 0 Å². The highest BCUT2D eigenvalue weighted by molar-refractivity contribution is 5.83. The smallest absolute Gasteiger partial charge is 0.410 e. The summed E-state index contributed by atoms with van der Waals surface area (Å²) in [7, 11) is 0. The van der Waals surface area contributed by atoms with Gasteiger partial charge in [-0.15, -0.1) is 0 Å². The van der Waals surface area contributed by atoms with Gasteiger partial charge in [0.1, 0.15) is 35.5 Å². The number of amides is 2. The van der Waals surface area contributed by atoms with Crippen LogP contribution in [0.4, 0.5) is 18.0 Å². The standard InChI is InChI=1S/C37H45F3N4O6/c1-23(49-24(2)46)34(47)44(20-26-19-43(21-30(26)40)35(48)50-36(3,4)5)32(37(6,7)15-16-45)33-41-31(28-17-27(38)13-14-29(28)39)22-42(33)18-25-11-9-8-10-12-25/h8-14,16-17,22-23,26,30,32H,15,18-21H2,1-7H3/t23-,26-,30-,32-/m0/s1. The number of nitrogens with zero attached hydrogens (tertiary/aromatic N) is 4. The molecule has 0 radical (unpaired) electrons. The maximum Gasteiger partial charge on any atom is 0.410 e. The quantitative estimate of drug-likeness (QED) is 0.157. The van der Waals surface area contributed by atoms with Gasteiger partial charge in [0.25, 0.3) is 5.91 Å². The van der Waals surface area contributed by atoms with Gasteiger partial charge in [0.05, 0.1) is 18.3 Å². The molecule has 2 amide bonds. The van der Waals surface area contributed by atoms with Crippen LogP contribution in [0.3, 0.4) is 0 Å². The zero-order valence-corrected chi connectivity index (χ0v) is 29.5. The lowest BCUT2D eigenvalue weighted by molar-refractivity contribution is -0.161. The van der Waals surface area contributed by atoms with Crippen LogP contribution in [-0.2, 0) is 30.4 Å². The van der Waals surface area contributed by atoms with Crippen LogP contribution in [0, 0.1) is 23.0 Å². The molecule has 13 heteroatoms. The summed E-state index contributed by atoms with van der Waals surface area (Å²) < 4.78 is 57.8. The van der Waals surface area contributed by atoms with E-state index >= 15 is 8.78 Å². The van der Waals surface area contributed by atoms with Crippen molar-refractivity contribution < 1.29 is 41.8 Å². The highest BCUT2D eigenvalue weighted by atomic mass is 19.1. The Hall–Kier alpha value is -4.68. The topological polar surface area (TPSA) is 111 Å². The molecule has 1 fully saturated rings. The lowest BCUT2D eigenvalue weighted by Crippen LogP contribution is -2.50. The van der Waals surface area contributed by atoms with E-state index in [4.69, 9.17) is 14.5 Å². The van der Waals surface area contributed by atoms with Crippen molar-refractivity contribution in [3.05, 3.63) is 77.8 Å². The van der Waals surface area contributed by atoms with Crippen molar-refractivity contribution in [3.8, 4) is 11.3 Å². The Bertz CT molecular complexity index is 1690. The third-order valence-electron chi connectivity index (χ3n) is 8.53. The van der Waals surface area contributed by atoms with E-state index in [-0.39, 0.29) is 49.7 Å². The van der Waals surface area contributed by atoms with Crippen LogP contribution in [-0.4, -0.2) is 81.1 Å². The molecule has 1 saturated heterocycles. The Labute approximate surface area is 290 Å². The van der Waals surface area contributed by atoms with Crippen LogP contribution in [0.2, 0.25) is 0 Å². The van der Waals surface area contributed by atoms with Crippen LogP contribution in [0.25, 0.3) is 11.3 Å². The first kappa shape index (κ1) is 38.1. The van der Waals surface area contributed by atoms with Crippen molar-refractivity contribution >= 4 is 24.3 Å². The molecule has 1 aromatic heterocycles. The molecule has 2 heterocycles. The van der Waals surface area contributed by atoms with Crippen molar-refractivity contribution in [2.45, 2.75) is 85.4 Å². The van der Waals surface area contributed by atoms with Gasteiger partial charge in [0.15, 0.2) is 6.10 Å². The zero-order chi connectivity index (χ0) is 37.0. The molecule has 0 N–H and O–H groups in total. The predicted molar refractivity (Wildman–Crippen MR) is 179 cm³/mol. The number of esters is 1. The highest BCUT2D eigenvalue weighted by Gasteiger charge is 2.46. The predicted octanol–water partition coefficient (Wildman–Crippen LogP) is 6.52. The molecular weight excluding hydrogens is 653 g/mol. The number of carbonyl (C=O) groups is 4. The van der Waals surface area contributed by atoms with E-state index in [1.54, 1.807) is 45.4 Å². The number of hydrogen-bond donors (Lipinski definition) is 0. The monoisotopic (exact) mass is 698 g/mol. The third-order valence-corrected chi connectivity index (χ3v) is 8.53. The number of halogens is 3. The summed E-state index contributed by atoms with van der Waals surface area (Å²) >= 11 is 0. The fourth-order valence-electron chi connectivity index (χ4n) is 6.20. The van der Waals surface area contributed by atoms with E-state index in [1.807, 2.05) is 30.3 Å². The number of hydrogen-bond acceptors (Lipinski definition) is 7. The molecule has 50 heavy (non-hydrogen) atoms. The number of benzene rings is 2. The number of aromatic nitrogens is 2. The summed E-state index contributed by atoms with van der Waals surface area (Å²) in [4.78, 5) is 58.8. The van der Waals surface area contributed by atoms with Gasteiger partial charge in [-0.3, -0.25) is 9.59 Å². The molecule has 0 spiro atoms. The van der Waals surface area contributed by atoms with E-state index in [0.29, 0.717) is 6.29 Å². The molecule has 3 aromatic rings. The molecule has 0 saturated carbocycles. The molecule has 10 nitrogen and oxygen atoms in total. The molecule has 0 aliphatic carbocycles. The Morgan fingerprint density at radius 2 is 1.74 bits per heavy atom. The normalized spacial score (nSPS) is 17.6. The second-order valence-corrected chi connectivity index (χ2v) is 14.4. The number of alkyl halides is 1. The van der Waals surface area contributed by atoms with Gasteiger partial charge < -0.3 is 28.6 Å². The maximum absolute atomic E-state index is 15.8. The second kappa shape index (κ2) is 15.5. The molecule has 0 unspecified atom stereocenters. The molecule has 1 aliphatic heterocycles. The molecule has 4 rings (SSSR count). The SMILES string of the molecule is CC(=O)O[C@@H](C)C(=O)N(C[C@@H]1CN(C(=O)OC(C)(C)C)C[C@@H]1F)[C@@H](c1nc(-c2cc(F)ccc2F)cn1Cc1ccccc1)C(C)(C)CC=O. The van der Waals surface area contributed by atoms with Crippen molar-refractivity contribution in [2.75, 3.05) is 19.6 Å². The number of imidazole rings is 1. The largest absolute Gasteiger partial charge is 0.453 e. The minimum absolute atomic E-state index is 0.0700. The summed E-state index contributed by atoms with van der Waals surface area (Å²) in [5.41, 5.74) is -1.13.